The first-order valence-corrected chi connectivity index (χ1v) is 5.59. The van der Waals surface area contributed by atoms with Gasteiger partial charge in [-0.15, -0.1) is 5.10 Å². The lowest BCUT2D eigenvalue weighted by Crippen LogP contribution is -2.15. The largest absolute Gasteiger partial charge is 0.312 e. The first kappa shape index (κ1) is 10.6. The average Bonchev–Trinajstić information content (AvgIpc) is 2.57. The Bertz CT molecular complexity index is 243. The van der Waals surface area contributed by atoms with Gasteiger partial charge in [-0.25, -0.2) is 0 Å². The standard InChI is InChI=1S/C9H17N3S/c1-4-6-8-9(13-12-11-8)7(5-2)10-3/h7,10H,4-6H2,1-3H3. The molecule has 0 bridgehead atoms. The highest BCUT2D eigenvalue weighted by Gasteiger charge is 2.14. The van der Waals surface area contributed by atoms with Crippen molar-refractivity contribution in [3.63, 3.8) is 0 Å². The Morgan fingerprint density at radius 1 is 1.46 bits per heavy atom. The lowest BCUT2D eigenvalue weighted by Gasteiger charge is -2.11. The summed E-state index contributed by atoms with van der Waals surface area (Å²) >= 11 is 1.52. The van der Waals surface area contributed by atoms with Gasteiger partial charge in [-0.2, -0.15) is 0 Å². The topological polar surface area (TPSA) is 37.8 Å². The molecular weight excluding hydrogens is 182 g/mol. The first-order valence-electron chi connectivity index (χ1n) is 4.81. The SMILES string of the molecule is CCCc1nnsc1C(CC)NC. The van der Waals surface area contributed by atoms with Gasteiger partial charge < -0.3 is 5.32 Å². The molecular formula is C9H17N3S. The summed E-state index contributed by atoms with van der Waals surface area (Å²) in [5.74, 6) is 0. The van der Waals surface area contributed by atoms with Gasteiger partial charge in [0.15, 0.2) is 0 Å². The third-order valence-corrected chi connectivity index (χ3v) is 3.03. The second kappa shape index (κ2) is 5.29. The summed E-state index contributed by atoms with van der Waals surface area (Å²) in [4.78, 5) is 1.31. The fourth-order valence-electron chi connectivity index (χ4n) is 1.41. The van der Waals surface area contributed by atoms with Crippen LogP contribution in [0.1, 0.15) is 43.3 Å². The van der Waals surface area contributed by atoms with Crippen LogP contribution in [-0.4, -0.2) is 16.6 Å². The Balaban J connectivity index is 2.78. The number of hydrogen-bond acceptors (Lipinski definition) is 4. The summed E-state index contributed by atoms with van der Waals surface area (Å²) in [5.41, 5.74) is 1.17. The molecule has 0 fully saturated rings. The van der Waals surface area contributed by atoms with Crippen molar-refractivity contribution < 1.29 is 0 Å². The number of hydrogen-bond donors (Lipinski definition) is 1. The van der Waals surface area contributed by atoms with Crippen LogP contribution >= 0.6 is 11.5 Å². The third kappa shape index (κ3) is 2.48. The maximum atomic E-state index is 4.15. The van der Waals surface area contributed by atoms with Crippen molar-refractivity contribution in [2.45, 2.75) is 39.2 Å². The summed E-state index contributed by atoms with van der Waals surface area (Å²) < 4.78 is 4.01. The van der Waals surface area contributed by atoms with Gasteiger partial charge in [0.25, 0.3) is 0 Å². The van der Waals surface area contributed by atoms with Gasteiger partial charge in [-0.3, -0.25) is 0 Å². The van der Waals surface area contributed by atoms with E-state index in [1.54, 1.807) is 0 Å². The predicted molar refractivity (Wildman–Crippen MR) is 56.0 cm³/mol. The minimum absolute atomic E-state index is 0.432. The Hall–Kier alpha value is -0.480. The van der Waals surface area contributed by atoms with E-state index in [0.29, 0.717) is 6.04 Å². The van der Waals surface area contributed by atoms with Crippen LogP contribution < -0.4 is 5.32 Å². The summed E-state index contributed by atoms with van der Waals surface area (Å²) in [6.45, 7) is 4.35. The van der Waals surface area contributed by atoms with Gasteiger partial charge in [0.2, 0.25) is 0 Å². The minimum atomic E-state index is 0.432. The number of nitrogens with zero attached hydrogens (tertiary/aromatic N) is 2. The lowest BCUT2D eigenvalue weighted by atomic mass is 10.1. The summed E-state index contributed by atoms with van der Waals surface area (Å²) in [6, 6.07) is 0.432. The Kier molecular flexibility index (Phi) is 4.32. The van der Waals surface area contributed by atoms with E-state index in [1.807, 2.05) is 7.05 Å². The van der Waals surface area contributed by atoms with Crippen molar-refractivity contribution in [2.24, 2.45) is 0 Å². The molecule has 0 aromatic carbocycles. The molecule has 0 saturated carbocycles. The second-order valence-corrected chi connectivity index (χ2v) is 3.87. The Morgan fingerprint density at radius 2 is 2.23 bits per heavy atom. The molecule has 1 unspecified atom stereocenters. The second-order valence-electron chi connectivity index (χ2n) is 3.08. The van der Waals surface area contributed by atoms with Crippen molar-refractivity contribution in [3.8, 4) is 0 Å². The van der Waals surface area contributed by atoms with Gasteiger partial charge in [0.05, 0.1) is 10.6 Å². The molecule has 1 aromatic rings. The summed E-state index contributed by atoms with van der Waals surface area (Å²) in [7, 11) is 1.99. The molecule has 13 heavy (non-hydrogen) atoms. The van der Waals surface area contributed by atoms with Gasteiger partial charge >= 0.3 is 0 Å². The molecule has 3 nitrogen and oxygen atoms in total. The molecule has 1 atom stereocenters. The van der Waals surface area contributed by atoms with Crippen LogP contribution in [-0.2, 0) is 6.42 Å². The molecule has 0 saturated heterocycles. The van der Waals surface area contributed by atoms with Crippen molar-refractivity contribution in [1.29, 1.82) is 0 Å². The number of aromatic nitrogens is 2. The highest BCUT2D eigenvalue weighted by molar-refractivity contribution is 7.05. The quantitative estimate of drug-likeness (QED) is 0.789. The molecule has 0 aliphatic carbocycles. The lowest BCUT2D eigenvalue weighted by molar-refractivity contribution is 0.578. The monoisotopic (exact) mass is 199 g/mol. The molecule has 4 heteroatoms. The average molecular weight is 199 g/mol. The van der Waals surface area contributed by atoms with Crippen LogP contribution in [0.2, 0.25) is 0 Å². The zero-order valence-corrected chi connectivity index (χ0v) is 9.32. The maximum absolute atomic E-state index is 4.15. The van der Waals surface area contributed by atoms with Crippen LogP contribution in [0.15, 0.2) is 0 Å². The fourth-order valence-corrected chi connectivity index (χ4v) is 2.30. The van der Waals surface area contributed by atoms with Crippen molar-refractivity contribution in [2.75, 3.05) is 7.05 Å². The van der Waals surface area contributed by atoms with Gasteiger partial charge in [-0.05, 0) is 31.4 Å². The van der Waals surface area contributed by atoms with Crippen molar-refractivity contribution in [3.05, 3.63) is 10.6 Å². The molecule has 0 aliphatic rings. The van der Waals surface area contributed by atoms with Crippen LogP contribution in [0.5, 0.6) is 0 Å². The fraction of sp³-hybridized carbons (Fsp3) is 0.778. The molecule has 0 radical (unpaired) electrons. The number of nitrogens with one attached hydrogen (secondary N) is 1. The highest BCUT2D eigenvalue weighted by Crippen LogP contribution is 2.23. The zero-order chi connectivity index (χ0) is 9.68. The number of aryl methyl sites for hydroxylation is 1. The van der Waals surface area contributed by atoms with Crippen molar-refractivity contribution in [1.82, 2.24) is 14.9 Å². The maximum Gasteiger partial charge on any atom is 0.0803 e. The predicted octanol–water partition coefficient (Wildman–Crippen LogP) is 2.16. The first-order chi connectivity index (χ1) is 6.33. The van der Waals surface area contributed by atoms with Crippen LogP contribution in [0.3, 0.4) is 0 Å². The van der Waals surface area contributed by atoms with E-state index < -0.39 is 0 Å². The summed E-state index contributed by atoms with van der Waals surface area (Å²) in [6.07, 6.45) is 3.28. The molecule has 1 rings (SSSR count). The van der Waals surface area contributed by atoms with Gasteiger partial charge in [0.1, 0.15) is 0 Å². The van der Waals surface area contributed by atoms with E-state index in [2.05, 4.69) is 28.8 Å². The zero-order valence-electron chi connectivity index (χ0n) is 8.50. The molecule has 0 amide bonds. The van der Waals surface area contributed by atoms with E-state index in [9.17, 15) is 0 Å². The van der Waals surface area contributed by atoms with Crippen molar-refractivity contribution >= 4 is 11.5 Å². The smallest absolute Gasteiger partial charge is 0.0803 e. The normalized spacial score (nSPS) is 13.2. The molecule has 1 aromatic heterocycles. The van der Waals surface area contributed by atoms with E-state index in [-0.39, 0.29) is 0 Å². The van der Waals surface area contributed by atoms with Gasteiger partial charge in [0, 0.05) is 6.04 Å². The highest BCUT2D eigenvalue weighted by atomic mass is 32.1. The van der Waals surface area contributed by atoms with E-state index >= 15 is 0 Å². The van der Waals surface area contributed by atoms with Crippen LogP contribution in [0, 0.1) is 0 Å². The third-order valence-electron chi connectivity index (χ3n) is 2.15. The van der Waals surface area contributed by atoms with Gasteiger partial charge in [-0.1, -0.05) is 24.8 Å². The molecule has 0 spiro atoms. The Morgan fingerprint density at radius 3 is 2.77 bits per heavy atom. The molecule has 74 valence electrons. The van der Waals surface area contributed by atoms with E-state index in [0.717, 1.165) is 19.3 Å². The van der Waals surface area contributed by atoms with Crippen LogP contribution in [0.25, 0.3) is 0 Å². The molecule has 0 aliphatic heterocycles. The minimum Gasteiger partial charge on any atom is -0.312 e. The van der Waals surface area contributed by atoms with E-state index in [4.69, 9.17) is 0 Å². The summed E-state index contributed by atoms with van der Waals surface area (Å²) in [5, 5.41) is 7.43. The molecule has 1 N–H and O–H groups in total. The molecule has 1 heterocycles. The Labute approximate surface area is 83.7 Å². The van der Waals surface area contributed by atoms with E-state index in [1.165, 1.54) is 22.1 Å². The van der Waals surface area contributed by atoms with Crippen LogP contribution in [0.4, 0.5) is 0 Å². The number of rotatable bonds is 5.